The van der Waals surface area contributed by atoms with Crippen LogP contribution in [-0.4, -0.2) is 6.54 Å². The molecule has 0 aliphatic rings. The van der Waals surface area contributed by atoms with E-state index in [2.05, 4.69) is 50.2 Å². The third kappa shape index (κ3) is 2.84. The minimum atomic E-state index is 0.200. The van der Waals surface area contributed by atoms with E-state index >= 15 is 0 Å². The van der Waals surface area contributed by atoms with Gasteiger partial charge < -0.3 is 9.73 Å². The van der Waals surface area contributed by atoms with Crippen molar-refractivity contribution < 1.29 is 4.42 Å². The van der Waals surface area contributed by atoms with Gasteiger partial charge in [0.05, 0.1) is 16.1 Å². The molecule has 0 aromatic carbocycles. The van der Waals surface area contributed by atoms with Crippen LogP contribution in [0.4, 0.5) is 0 Å². The molecule has 0 saturated carbocycles. The molecule has 2 nitrogen and oxygen atoms in total. The Bertz CT molecular complexity index is 487. The first kappa shape index (κ1) is 13.3. The summed E-state index contributed by atoms with van der Waals surface area (Å²) >= 11 is 8.80. The van der Waals surface area contributed by atoms with Gasteiger partial charge in [-0.2, -0.15) is 0 Å². The zero-order chi connectivity index (χ0) is 12.4. The lowest BCUT2D eigenvalue weighted by atomic mass is 10.1. The van der Waals surface area contributed by atoms with Crippen molar-refractivity contribution in [2.24, 2.45) is 0 Å². The van der Waals surface area contributed by atoms with Crippen LogP contribution in [0.2, 0.25) is 0 Å². The van der Waals surface area contributed by atoms with E-state index in [9.17, 15) is 0 Å². The van der Waals surface area contributed by atoms with Crippen LogP contribution < -0.4 is 5.32 Å². The summed E-state index contributed by atoms with van der Waals surface area (Å²) in [5.41, 5.74) is 1.20. The first-order valence-electron chi connectivity index (χ1n) is 5.35. The normalized spacial score (nSPS) is 12.9. The van der Waals surface area contributed by atoms with Crippen molar-refractivity contribution in [3.63, 3.8) is 0 Å². The molecule has 17 heavy (non-hydrogen) atoms. The van der Waals surface area contributed by atoms with E-state index in [0.717, 1.165) is 20.6 Å². The number of aryl methyl sites for hydroxylation is 1. The van der Waals surface area contributed by atoms with Gasteiger partial charge in [0, 0.05) is 14.9 Å². The van der Waals surface area contributed by atoms with Crippen LogP contribution >= 0.6 is 43.2 Å². The van der Waals surface area contributed by atoms with Crippen LogP contribution in [0.25, 0.3) is 0 Å². The van der Waals surface area contributed by atoms with Crippen LogP contribution in [0.1, 0.15) is 29.2 Å². The highest BCUT2D eigenvalue weighted by atomic mass is 79.9. The van der Waals surface area contributed by atoms with Gasteiger partial charge in [-0.3, -0.25) is 0 Å². The van der Waals surface area contributed by atoms with Gasteiger partial charge in [0.2, 0.25) is 0 Å². The van der Waals surface area contributed by atoms with E-state index in [-0.39, 0.29) is 6.04 Å². The Morgan fingerprint density at radius 2 is 2.24 bits per heavy atom. The summed E-state index contributed by atoms with van der Waals surface area (Å²) in [5, 5.41) is 3.49. The fourth-order valence-electron chi connectivity index (χ4n) is 1.77. The van der Waals surface area contributed by atoms with Crippen LogP contribution in [0.5, 0.6) is 0 Å². The second-order valence-electron chi connectivity index (χ2n) is 3.69. The highest BCUT2D eigenvalue weighted by molar-refractivity contribution is 9.13. The number of hydrogen-bond acceptors (Lipinski definition) is 3. The van der Waals surface area contributed by atoms with E-state index in [0.29, 0.717) is 0 Å². The van der Waals surface area contributed by atoms with E-state index < -0.39 is 0 Å². The largest absolute Gasteiger partial charge is 0.469 e. The van der Waals surface area contributed by atoms with E-state index in [4.69, 9.17) is 4.42 Å². The molecule has 2 rings (SSSR count). The molecule has 2 aromatic heterocycles. The number of rotatable bonds is 4. The highest BCUT2D eigenvalue weighted by Gasteiger charge is 2.20. The Labute approximate surface area is 122 Å². The van der Waals surface area contributed by atoms with Gasteiger partial charge in [-0.25, -0.2) is 0 Å². The minimum Gasteiger partial charge on any atom is -0.469 e. The Balaban J connectivity index is 2.39. The Kier molecular flexibility index (Phi) is 4.47. The number of halogens is 2. The number of furan rings is 1. The zero-order valence-electron chi connectivity index (χ0n) is 9.59. The summed E-state index contributed by atoms with van der Waals surface area (Å²) in [6.07, 6.45) is 1.74. The molecule has 1 N–H and O–H groups in total. The van der Waals surface area contributed by atoms with Crippen LogP contribution in [0.3, 0.4) is 0 Å². The topological polar surface area (TPSA) is 25.2 Å². The maximum Gasteiger partial charge on any atom is 0.105 e. The van der Waals surface area contributed by atoms with Crippen LogP contribution in [-0.2, 0) is 0 Å². The van der Waals surface area contributed by atoms with Gasteiger partial charge in [-0.05, 0) is 57.5 Å². The van der Waals surface area contributed by atoms with E-state index in [1.54, 1.807) is 17.6 Å². The quantitative estimate of drug-likeness (QED) is 0.820. The first-order chi connectivity index (χ1) is 8.13. The summed E-state index contributed by atoms with van der Waals surface area (Å²) in [4.78, 5) is 1.27. The van der Waals surface area contributed by atoms with Gasteiger partial charge in [0.15, 0.2) is 0 Å². The van der Waals surface area contributed by atoms with Crippen molar-refractivity contribution >= 4 is 43.2 Å². The molecule has 2 aromatic rings. The van der Waals surface area contributed by atoms with Gasteiger partial charge in [-0.1, -0.05) is 6.92 Å². The summed E-state index contributed by atoms with van der Waals surface area (Å²) < 4.78 is 7.61. The maximum absolute atomic E-state index is 5.39. The average molecular weight is 379 g/mol. The fourth-order valence-corrected chi connectivity index (χ4v) is 3.95. The molecule has 0 spiro atoms. The first-order valence-corrected chi connectivity index (χ1v) is 7.75. The van der Waals surface area contributed by atoms with Crippen molar-refractivity contribution in [1.29, 1.82) is 0 Å². The molecule has 0 amide bonds. The molecule has 0 radical (unpaired) electrons. The predicted octanol–water partition coefficient (Wildman–Crippen LogP) is 4.87. The molecule has 92 valence electrons. The molecule has 2 heterocycles. The standard InChI is InChI=1S/C12H13Br2NOS/c1-3-15-11(8-4-5-16-7(8)2)10-6-9(13)12(14)17-10/h4-6,11,15H,3H2,1-2H3. The summed E-state index contributed by atoms with van der Waals surface area (Å²) in [6, 6.07) is 4.38. The van der Waals surface area contributed by atoms with Crippen molar-refractivity contribution in [2.75, 3.05) is 6.54 Å². The summed E-state index contributed by atoms with van der Waals surface area (Å²) in [7, 11) is 0. The summed E-state index contributed by atoms with van der Waals surface area (Å²) in [5.74, 6) is 0.969. The monoisotopic (exact) mass is 377 g/mol. The maximum atomic E-state index is 5.39. The lowest BCUT2D eigenvalue weighted by Gasteiger charge is -2.15. The fraction of sp³-hybridized carbons (Fsp3) is 0.333. The lowest BCUT2D eigenvalue weighted by Crippen LogP contribution is -2.21. The van der Waals surface area contributed by atoms with E-state index in [1.165, 1.54) is 10.4 Å². The van der Waals surface area contributed by atoms with E-state index in [1.807, 2.05) is 13.0 Å². The molecular weight excluding hydrogens is 366 g/mol. The number of nitrogens with one attached hydrogen (secondary N) is 1. The second kappa shape index (κ2) is 5.69. The zero-order valence-corrected chi connectivity index (χ0v) is 13.6. The third-order valence-corrected chi connectivity index (χ3v) is 5.89. The number of thiophene rings is 1. The van der Waals surface area contributed by atoms with Crippen molar-refractivity contribution in [2.45, 2.75) is 19.9 Å². The van der Waals surface area contributed by atoms with Gasteiger partial charge >= 0.3 is 0 Å². The molecule has 0 aliphatic heterocycles. The molecule has 0 fully saturated rings. The molecule has 0 aliphatic carbocycles. The van der Waals surface area contributed by atoms with Crippen molar-refractivity contribution in [1.82, 2.24) is 5.32 Å². The van der Waals surface area contributed by atoms with Gasteiger partial charge in [-0.15, -0.1) is 11.3 Å². The second-order valence-corrected chi connectivity index (χ2v) is 6.95. The Hall–Kier alpha value is -0.100. The Morgan fingerprint density at radius 3 is 2.71 bits per heavy atom. The van der Waals surface area contributed by atoms with Crippen molar-refractivity contribution in [3.8, 4) is 0 Å². The third-order valence-electron chi connectivity index (χ3n) is 2.57. The minimum absolute atomic E-state index is 0.200. The molecule has 5 heteroatoms. The number of hydrogen-bond donors (Lipinski definition) is 1. The molecule has 0 saturated heterocycles. The SMILES string of the molecule is CCNC(c1cc(Br)c(Br)s1)c1ccoc1C. The van der Waals surface area contributed by atoms with Crippen LogP contribution in [0.15, 0.2) is 31.1 Å². The van der Waals surface area contributed by atoms with Crippen LogP contribution in [0, 0.1) is 6.92 Å². The predicted molar refractivity (Wildman–Crippen MR) is 78.7 cm³/mol. The van der Waals surface area contributed by atoms with Crippen molar-refractivity contribution in [3.05, 3.63) is 42.9 Å². The summed E-state index contributed by atoms with van der Waals surface area (Å²) in [6.45, 7) is 5.03. The molecular formula is C12H13Br2NOS. The van der Waals surface area contributed by atoms with Gasteiger partial charge in [0.25, 0.3) is 0 Å². The lowest BCUT2D eigenvalue weighted by molar-refractivity contribution is 0.521. The average Bonchev–Trinajstić information content (AvgIpc) is 2.83. The Morgan fingerprint density at radius 1 is 1.47 bits per heavy atom. The molecule has 1 atom stereocenters. The molecule has 1 unspecified atom stereocenters. The van der Waals surface area contributed by atoms with Gasteiger partial charge in [0.1, 0.15) is 5.76 Å². The molecule has 0 bridgehead atoms. The highest BCUT2D eigenvalue weighted by Crippen LogP contribution is 2.38. The smallest absolute Gasteiger partial charge is 0.105 e.